The van der Waals surface area contributed by atoms with Gasteiger partial charge in [-0.15, -0.1) is 0 Å². The quantitative estimate of drug-likeness (QED) is 0.459. The molecule has 165 valence electrons. The Morgan fingerprint density at radius 2 is 1.97 bits per heavy atom. The third-order valence-corrected chi connectivity index (χ3v) is 7.21. The topological polar surface area (TPSA) is 58.6 Å². The molecule has 1 aromatic rings. The molecule has 0 aliphatic heterocycles. The van der Waals surface area contributed by atoms with Gasteiger partial charge in [-0.3, -0.25) is 4.79 Å². The Bertz CT molecular complexity index is 791. The predicted octanol–water partition coefficient (Wildman–Crippen LogP) is 5.21. The van der Waals surface area contributed by atoms with Crippen molar-refractivity contribution in [3.63, 3.8) is 0 Å². The van der Waals surface area contributed by atoms with Crippen molar-refractivity contribution in [2.45, 2.75) is 58.8 Å². The van der Waals surface area contributed by atoms with Crippen molar-refractivity contribution in [1.82, 2.24) is 5.32 Å². The molecule has 1 saturated carbocycles. The molecule has 3 rings (SSSR count). The SMILES string of the molecule is CC(=O)O[C@@H]1[CH][C@@]2(O)[C@H](C)CC[C@@H](C(C)CNCc3cc(Cl)cc(Cl)c3)[C@H]2C=C1C. The van der Waals surface area contributed by atoms with Crippen LogP contribution in [0.25, 0.3) is 0 Å². The van der Waals surface area contributed by atoms with Gasteiger partial charge in [-0.25, -0.2) is 0 Å². The molecular formula is C24H32Cl2NO3. The third kappa shape index (κ3) is 5.21. The van der Waals surface area contributed by atoms with Crippen molar-refractivity contribution in [3.05, 3.63) is 51.9 Å². The first-order chi connectivity index (χ1) is 14.1. The molecule has 0 amide bonds. The van der Waals surface area contributed by atoms with Gasteiger partial charge in [-0.05, 0) is 73.4 Å². The van der Waals surface area contributed by atoms with E-state index in [0.29, 0.717) is 28.4 Å². The average Bonchev–Trinajstić information content (AvgIpc) is 2.63. The van der Waals surface area contributed by atoms with E-state index in [4.69, 9.17) is 27.9 Å². The van der Waals surface area contributed by atoms with Crippen LogP contribution in [0.3, 0.4) is 0 Å². The van der Waals surface area contributed by atoms with Gasteiger partial charge in [0.05, 0.1) is 5.60 Å². The molecule has 0 heterocycles. The van der Waals surface area contributed by atoms with Crippen LogP contribution in [0.2, 0.25) is 10.0 Å². The number of hydrogen-bond acceptors (Lipinski definition) is 4. The second kappa shape index (κ2) is 9.60. The molecule has 2 aliphatic rings. The van der Waals surface area contributed by atoms with E-state index in [1.807, 2.05) is 25.5 Å². The molecule has 6 atom stereocenters. The minimum absolute atomic E-state index is 0.0190. The van der Waals surface area contributed by atoms with Crippen LogP contribution < -0.4 is 5.32 Å². The zero-order valence-corrected chi connectivity index (χ0v) is 19.6. The number of fused-ring (bicyclic) bond motifs is 1. The highest BCUT2D eigenvalue weighted by Crippen LogP contribution is 2.50. The first kappa shape index (κ1) is 23.6. The molecule has 0 saturated heterocycles. The number of carbonyl (C=O) groups excluding carboxylic acids is 1. The minimum Gasteiger partial charge on any atom is -0.458 e. The van der Waals surface area contributed by atoms with Gasteiger partial charge < -0.3 is 15.2 Å². The van der Waals surface area contributed by atoms with Crippen LogP contribution in [0.1, 0.15) is 46.1 Å². The van der Waals surface area contributed by atoms with Gasteiger partial charge in [0.2, 0.25) is 0 Å². The summed E-state index contributed by atoms with van der Waals surface area (Å²) in [6.07, 6.45) is 5.56. The maximum Gasteiger partial charge on any atom is 0.303 e. The van der Waals surface area contributed by atoms with Crippen molar-refractivity contribution in [2.24, 2.45) is 23.7 Å². The second-order valence-corrected chi connectivity index (χ2v) is 9.92. The summed E-state index contributed by atoms with van der Waals surface area (Å²) in [6, 6.07) is 5.57. The molecule has 0 spiro atoms. The number of ether oxygens (including phenoxy) is 1. The standard InChI is InChI=1S/C24H32Cl2NO3/c1-14-7-22-21(6-5-16(3)24(22,29)11-23(14)30-17(4)28)15(2)12-27-13-18-8-19(25)10-20(26)9-18/h7-11,15-16,21-23,27,29H,5-6,12-13H2,1-4H3/t15?,16-,21+,22-,23-,24-/m1/s1. The summed E-state index contributed by atoms with van der Waals surface area (Å²) in [5.74, 6) is 0.516. The number of benzene rings is 1. The number of esters is 1. The van der Waals surface area contributed by atoms with E-state index in [1.54, 1.807) is 6.07 Å². The van der Waals surface area contributed by atoms with E-state index in [0.717, 1.165) is 30.5 Å². The summed E-state index contributed by atoms with van der Waals surface area (Å²) in [6.45, 7) is 9.23. The van der Waals surface area contributed by atoms with Crippen LogP contribution in [-0.2, 0) is 16.1 Å². The first-order valence-corrected chi connectivity index (χ1v) is 11.5. The van der Waals surface area contributed by atoms with Crippen molar-refractivity contribution in [2.75, 3.05) is 6.54 Å². The fourth-order valence-corrected chi connectivity index (χ4v) is 5.63. The Labute approximate surface area is 190 Å². The number of halogens is 2. The fraction of sp³-hybridized carbons (Fsp3) is 0.583. The zero-order chi connectivity index (χ0) is 22.1. The summed E-state index contributed by atoms with van der Waals surface area (Å²) in [7, 11) is 0. The highest BCUT2D eigenvalue weighted by Gasteiger charge is 2.52. The van der Waals surface area contributed by atoms with Crippen LogP contribution in [-0.4, -0.2) is 29.3 Å². The largest absolute Gasteiger partial charge is 0.458 e. The lowest BCUT2D eigenvalue weighted by Gasteiger charge is -2.52. The highest BCUT2D eigenvalue weighted by atomic mass is 35.5. The summed E-state index contributed by atoms with van der Waals surface area (Å²) in [4.78, 5) is 11.5. The monoisotopic (exact) mass is 452 g/mol. The zero-order valence-electron chi connectivity index (χ0n) is 18.1. The van der Waals surface area contributed by atoms with Gasteiger partial charge in [-0.2, -0.15) is 0 Å². The number of nitrogens with one attached hydrogen (secondary N) is 1. The van der Waals surface area contributed by atoms with Crippen LogP contribution in [0.5, 0.6) is 0 Å². The summed E-state index contributed by atoms with van der Waals surface area (Å²) in [5, 5.41) is 16.4. The average molecular weight is 453 g/mol. The number of rotatable bonds is 6. The van der Waals surface area contributed by atoms with Gasteiger partial charge in [0.15, 0.2) is 0 Å². The van der Waals surface area contributed by atoms with Gasteiger partial charge >= 0.3 is 5.97 Å². The van der Waals surface area contributed by atoms with Crippen molar-refractivity contribution in [3.8, 4) is 0 Å². The second-order valence-electron chi connectivity index (χ2n) is 9.05. The number of hydrogen-bond donors (Lipinski definition) is 2. The van der Waals surface area contributed by atoms with Gasteiger partial charge in [0, 0.05) is 35.9 Å². The number of aliphatic hydroxyl groups is 1. The molecule has 1 aromatic carbocycles. The maximum atomic E-state index is 11.6. The lowest BCUT2D eigenvalue weighted by atomic mass is 9.57. The van der Waals surface area contributed by atoms with Crippen LogP contribution in [0.15, 0.2) is 29.8 Å². The van der Waals surface area contributed by atoms with Gasteiger partial charge in [0.25, 0.3) is 0 Å². The van der Waals surface area contributed by atoms with E-state index in [-0.39, 0.29) is 17.8 Å². The van der Waals surface area contributed by atoms with E-state index in [9.17, 15) is 9.90 Å². The lowest BCUT2D eigenvalue weighted by Crippen LogP contribution is -2.56. The Balaban J connectivity index is 1.69. The molecule has 1 unspecified atom stereocenters. The Hall–Kier alpha value is -1.07. The summed E-state index contributed by atoms with van der Waals surface area (Å²) in [5.41, 5.74) is 1.09. The lowest BCUT2D eigenvalue weighted by molar-refractivity contribution is -0.148. The molecule has 30 heavy (non-hydrogen) atoms. The normalized spacial score (nSPS) is 32.2. The highest BCUT2D eigenvalue weighted by molar-refractivity contribution is 6.34. The molecule has 6 heteroatoms. The Morgan fingerprint density at radius 1 is 1.30 bits per heavy atom. The van der Waals surface area contributed by atoms with Crippen molar-refractivity contribution >= 4 is 29.2 Å². The fourth-order valence-electron chi connectivity index (χ4n) is 5.06. The summed E-state index contributed by atoms with van der Waals surface area (Å²) >= 11 is 12.2. The molecule has 1 radical (unpaired) electrons. The molecule has 2 N–H and O–H groups in total. The summed E-state index contributed by atoms with van der Waals surface area (Å²) < 4.78 is 5.44. The molecule has 1 fully saturated rings. The maximum absolute atomic E-state index is 11.6. The molecule has 0 bridgehead atoms. The number of carbonyl (C=O) groups is 1. The first-order valence-electron chi connectivity index (χ1n) is 10.7. The van der Waals surface area contributed by atoms with E-state index >= 15 is 0 Å². The molecule has 4 nitrogen and oxygen atoms in total. The van der Waals surface area contributed by atoms with Crippen LogP contribution in [0, 0.1) is 30.1 Å². The van der Waals surface area contributed by atoms with Crippen LogP contribution >= 0.6 is 23.2 Å². The van der Waals surface area contributed by atoms with Gasteiger partial charge in [0.1, 0.15) is 6.10 Å². The Morgan fingerprint density at radius 3 is 2.60 bits per heavy atom. The van der Waals surface area contributed by atoms with E-state index in [1.165, 1.54) is 6.92 Å². The predicted molar refractivity (Wildman–Crippen MR) is 121 cm³/mol. The third-order valence-electron chi connectivity index (χ3n) is 6.77. The molecule has 2 aliphatic carbocycles. The Kier molecular flexibility index (Phi) is 7.55. The van der Waals surface area contributed by atoms with Gasteiger partial charge in [-0.1, -0.05) is 43.1 Å². The van der Waals surface area contributed by atoms with Crippen molar-refractivity contribution < 1.29 is 14.6 Å². The van der Waals surface area contributed by atoms with Crippen molar-refractivity contribution in [1.29, 1.82) is 0 Å². The van der Waals surface area contributed by atoms with E-state index < -0.39 is 11.7 Å². The smallest absolute Gasteiger partial charge is 0.303 e. The molecular weight excluding hydrogens is 421 g/mol. The van der Waals surface area contributed by atoms with E-state index in [2.05, 4.69) is 25.2 Å². The molecule has 0 aromatic heterocycles. The minimum atomic E-state index is -0.961. The van der Waals surface area contributed by atoms with Crippen LogP contribution in [0.4, 0.5) is 0 Å².